The van der Waals surface area contributed by atoms with Crippen molar-refractivity contribution in [1.82, 2.24) is 14.9 Å². The molecule has 0 radical (unpaired) electrons. The average molecular weight is 271 g/mol. The molecule has 0 spiro atoms. The number of hydrogen-bond donors (Lipinski definition) is 1. The van der Waals surface area contributed by atoms with Crippen molar-refractivity contribution in [2.24, 2.45) is 0 Å². The lowest BCUT2D eigenvalue weighted by atomic mass is 9.90. The van der Waals surface area contributed by atoms with Crippen molar-refractivity contribution in [3.8, 4) is 0 Å². The maximum absolute atomic E-state index is 9.33. The standard InChI is InChI=1S/C16H21N3O/c1-16(2,3)15-14-12(4-5-17-15)6-11(7-18-14)8-19-9-13(20)10-19/h4-7,13,20H,8-10H2,1-3H3. The number of likely N-dealkylation sites (tertiary alicyclic amines) is 1. The van der Waals surface area contributed by atoms with Crippen LogP contribution in [-0.4, -0.2) is 39.2 Å². The molecule has 1 aliphatic heterocycles. The van der Waals surface area contributed by atoms with Crippen molar-refractivity contribution >= 4 is 10.9 Å². The van der Waals surface area contributed by atoms with Crippen LogP contribution in [0, 0.1) is 0 Å². The topological polar surface area (TPSA) is 49.2 Å². The van der Waals surface area contributed by atoms with Gasteiger partial charge in [0.1, 0.15) is 0 Å². The van der Waals surface area contributed by atoms with E-state index in [-0.39, 0.29) is 11.5 Å². The molecule has 4 heteroatoms. The summed E-state index contributed by atoms with van der Waals surface area (Å²) in [4.78, 5) is 11.3. The van der Waals surface area contributed by atoms with E-state index in [0.717, 1.165) is 36.2 Å². The van der Waals surface area contributed by atoms with Crippen LogP contribution in [0.1, 0.15) is 32.0 Å². The zero-order valence-electron chi connectivity index (χ0n) is 12.3. The van der Waals surface area contributed by atoms with Crippen LogP contribution in [0.25, 0.3) is 10.9 Å². The highest BCUT2D eigenvalue weighted by Crippen LogP contribution is 2.27. The first-order chi connectivity index (χ1) is 9.43. The number of nitrogens with zero attached hydrogens (tertiary/aromatic N) is 3. The van der Waals surface area contributed by atoms with Crippen LogP contribution in [-0.2, 0) is 12.0 Å². The molecule has 0 atom stereocenters. The number of β-amino-alcohol motifs (C(OH)–C–C–N with tert-alkyl or cyclic N) is 1. The van der Waals surface area contributed by atoms with E-state index in [1.807, 2.05) is 18.5 Å². The van der Waals surface area contributed by atoms with Gasteiger partial charge < -0.3 is 5.11 Å². The molecule has 106 valence electrons. The van der Waals surface area contributed by atoms with Crippen molar-refractivity contribution in [2.45, 2.75) is 38.8 Å². The Hall–Kier alpha value is -1.52. The number of aliphatic hydroxyl groups is 1. The third kappa shape index (κ3) is 2.53. The summed E-state index contributed by atoms with van der Waals surface area (Å²) in [7, 11) is 0. The zero-order chi connectivity index (χ0) is 14.3. The van der Waals surface area contributed by atoms with Crippen LogP contribution in [0.4, 0.5) is 0 Å². The summed E-state index contributed by atoms with van der Waals surface area (Å²) < 4.78 is 0. The summed E-state index contributed by atoms with van der Waals surface area (Å²) >= 11 is 0. The Labute approximate surface area is 119 Å². The predicted molar refractivity (Wildman–Crippen MR) is 79.5 cm³/mol. The molecule has 2 aromatic heterocycles. The van der Waals surface area contributed by atoms with E-state index in [0.29, 0.717) is 0 Å². The van der Waals surface area contributed by atoms with Gasteiger partial charge in [-0.15, -0.1) is 0 Å². The molecule has 0 bridgehead atoms. The number of pyridine rings is 2. The molecule has 2 aromatic rings. The number of rotatable bonds is 2. The molecule has 0 unspecified atom stereocenters. The van der Waals surface area contributed by atoms with Crippen LogP contribution < -0.4 is 0 Å². The maximum Gasteiger partial charge on any atom is 0.0922 e. The second-order valence-electron chi connectivity index (χ2n) is 6.67. The number of aromatic nitrogens is 2. The van der Waals surface area contributed by atoms with Crippen molar-refractivity contribution in [3.05, 3.63) is 35.8 Å². The Bertz CT molecular complexity index is 627. The van der Waals surface area contributed by atoms with Crippen molar-refractivity contribution < 1.29 is 5.11 Å². The van der Waals surface area contributed by atoms with Gasteiger partial charge in [0.2, 0.25) is 0 Å². The van der Waals surface area contributed by atoms with Crippen LogP contribution in [0.15, 0.2) is 24.5 Å². The SMILES string of the molecule is CC(C)(C)c1nccc2cc(CN3CC(O)C3)cnc12. The summed E-state index contributed by atoms with van der Waals surface area (Å²) in [6.45, 7) is 8.86. The van der Waals surface area contributed by atoms with Gasteiger partial charge in [-0.2, -0.15) is 0 Å². The lowest BCUT2D eigenvalue weighted by molar-refractivity contribution is -0.00289. The molecule has 3 heterocycles. The zero-order valence-corrected chi connectivity index (χ0v) is 12.3. The molecule has 1 N–H and O–H groups in total. The van der Waals surface area contributed by atoms with Crippen molar-refractivity contribution in [2.75, 3.05) is 13.1 Å². The summed E-state index contributed by atoms with van der Waals surface area (Å²) in [6, 6.07) is 4.20. The van der Waals surface area contributed by atoms with Gasteiger partial charge in [0.15, 0.2) is 0 Å². The Morgan fingerprint density at radius 3 is 2.70 bits per heavy atom. The van der Waals surface area contributed by atoms with Crippen LogP contribution >= 0.6 is 0 Å². The highest BCUT2D eigenvalue weighted by atomic mass is 16.3. The van der Waals surface area contributed by atoms with Gasteiger partial charge >= 0.3 is 0 Å². The monoisotopic (exact) mass is 271 g/mol. The maximum atomic E-state index is 9.33. The van der Waals surface area contributed by atoms with Gasteiger partial charge in [-0.25, -0.2) is 0 Å². The normalized spacial score (nSPS) is 17.4. The highest BCUT2D eigenvalue weighted by molar-refractivity contribution is 5.81. The van der Waals surface area contributed by atoms with Gasteiger partial charge in [-0.1, -0.05) is 20.8 Å². The summed E-state index contributed by atoms with van der Waals surface area (Å²) in [5.74, 6) is 0. The molecule has 1 saturated heterocycles. The fraction of sp³-hybridized carbons (Fsp3) is 0.500. The highest BCUT2D eigenvalue weighted by Gasteiger charge is 2.24. The first kappa shape index (κ1) is 13.5. The van der Waals surface area contributed by atoms with Crippen LogP contribution in [0.3, 0.4) is 0 Å². The Balaban J connectivity index is 1.92. The molecule has 1 fully saturated rings. The van der Waals surface area contributed by atoms with Crippen molar-refractivity contribution in [1.29, 1.82) is 0 Å². The Morgan fingerprint density at radius 1 is 1.30 bits per heavy atom. The fourth-order valence-electron chi connectivity index (χ4n) is 2.67. The van der Waals surface area contributed by atoms with E-state index in [1.165, 1.54) is 5.56 Å². The van der Waals surface area contributed by atoms with Crippen molar-refractivity contribution in [3.63, 3.8) is 0 Å². The first-order valence-electron chi connectivity index (χ1n) is 7.08. The second-order valence-corrected chi connectivity index (χ2v) is 6.67. The largest absolute Gasteiger partial charge is 0.390 e. The summed E-state index contributed by atoms with van der Waals surface area (Å²) in [6.07, 6.45) is 3.64. The minimum absolute atomic E-state index is 0.00436. The van der Waals surface area contributed by atoms with Gasteiger partial charge in [-0.05, 0) is 17.7 Å². The molecule has 0 amide bonds. The molecule has 3 rings (SSSR count). The molecular weight excluding hydrogens is 250 g/mol. The van der Waals surface area contributed by atoms with Gasteiger partial charge in [-0.3, -0.25) is 14.9 Å². The molecule has 0 aliphatic carbocycles. The number of hydrogen-bond acceptors (Lipinski definition) is 4. The average Bonchev–Trinajstić information content (AvgIpc) is 2.35. The molecular formula is C16H21N3O. The summed E-state index contributed by atoms with van der Waals surface area (Å²) in [5.41, 5.74) is 3.22. The van der Waals surface area contributed by atoms with Gasteiger partial charge in [0.05, 0.1) is 17.3 Å². The van der Waals surface area contributed by atoms with E-state index in [1.54, 1.807) is 0 Å². The number of fused-ring (bicyclic) bond motifs is 1. The molecule has 4 nitrogen and oxygen atoms in total. The lowest BCUT2D eigenvalue weighted by Gasteiger charge is -2.35. The fourth-order valence-corrected chi connectivity index (χ4v) is 2.67. The summed E-state index contributed by atoms with van der Waals surface area (Å²) in [5, 5.41) is 10.5. The van der Waals surface area contributed by atoms with Crippen LogP contribution in [0.5, 0.6) is 0 Å². The molecule has 1 aliphatic rings. The van der Waals surface area contributed by atoms with E-state index >= 15 is 0 Å². The smallest absolute Gasteiger partial charge is 0.0922 e. The minimum Gasteiger partial charge on any atom is -0.390 e. The third-order valence-corrected chi connectivity index (χ3v) is 3.71. The molecule has 0 saturated carbocycles. The Morgan fingerprint density at radius 2 is 2.05 bits per heavy atom. The second kappa shape index (κ2) is 4.79. The number of aliphatic hydroxyl groups excluding tert-OH is 1. The predicted octanol–water partition coefficient (Wildman–Crippen LogP) is 2.10. The van der Waals surface area contributed by atoms with Gasteiger partial charge in [0.25, 0.3) is 0 Å². The first-order valence-corrected chi connectivity index (χ1v) is 7.08. The third-order valence-electron chi connectivity index (χ3n) is 3.71. The van der Waals surface area contributed by atoms with E-state index < -0.39 is 0 Å². The molecule has 0 aromatic carbocycles. The lowest BCUT2D eigenvalue weighted by Crippen LogP contribution is -2.49. The van der Waals surface area contributed by atoms with Gasteiger partial charge in [0, 0.05) is 42.8 Å². The van der Waals surface area contributed by atoms with E-state index in [9.17, 15) is 5.11 Å². The van der Waals surface area contributed by atoms with E-state index in [4.69, 9.17) is 0 Å². The van der Waals surface area contributed by atoms with Crippen LogP contribution in [0.2, 0.25) is 0 Å². The Kier molecular flexibility index (Phi) is 3.22. The quantitative estimate of drug-likeness (QED) is 0.909. The molecule has 20 heavy (non-hydrogen) atoms. The van der Waals surface area contributed by atoms with E-state index in [2.05, 4.69) is 41.7 Å². The minimum atomic E-state index is -0.153.